The maximum atomic E-state index is 12.6. The first-order valence-electron chi connectivity index (χ1n) is 11.3. The van der Waals surface area contributed by atoms with Crippen LogP contribution in [0.4, 0.5) is 11.9 Å². The highest BCUT2D eigenvalue weighted by atomic mass is 35.5. The Labute approximate surface area is 208 Å². The molecule has 176 valence electrons. The zero-order chi connectivity index (χ0) is 24.2. The molecule has 2 N–H and O–H groups in total. The van der Waals surface area contributed by atoms with Crippen molar-refractivity contribution in [2.75, 3.05) is 17.7 Å². The molecule has 0 unspecified atom stereocenters. The van der Waals surface area contributed by atoms with E-state index in [9.17, 15) is 4.79 Å². The molecule has 0 radical (unpaired) electrons. The maximum absolute atomic E-state index is 12.6. The smallest absolute Gasteiger partial charge is 0.250 e. The number of hydrogen-bond donors (Lipinski definition) is 2. The molecule has 1 amide bonds. The van der Waals surface area contributed by atoms with Gasteiger partial charge in [-0.15, -0.1) is 5.10 Å². The molecule has 2 atom stereocenters. The van der Waals surface area contributed by atoms with Crippen LogP contribution in [0.25, 0.3) is 6.08 Å². The molecule has 8 heteroatoms. The Bertz CT molecular complexity index is 1350. The highest BCUT2D eigenvalue weighted by Gasteiger charge is 2.31. The normalized spacial score (nSPS) is 17.0. The molecule has 0 bridgehead atoms. The highest BCUT2D eigenvalue weighted by molar-refractivity contribution is 6.32. The van der Waals surface area contributed by atoms with Crippen LogP contribution in [0.5, 0.6) is 5.75 Å². The predicted molar refractivity (Wildman–Crippen MR) is 138 cm³/mol. The van der Waals surface area contributed by atoms with Crippen molar-refractivity contribution >= 4 is 35.5 Å². The first kappa shape index (κ1) is 22.7. The number of amides is 1. The fourth-order valence-corrected chi connectivity index (χ4v) is 4.36. The molecule has 2 heterocycles. The zero-order valence-corrected chi connectivity index (χ0v) is 19.8. The quantitative estimate of drug-likeness (QED) is 0.340. The van der Waals surface area contributed by atoms with E-state index < -0.39 is 0 Å². The summed E-state index contributed by atoms with van der Waals surface area (Å²) in [6.07, 6.45) is 3.85. The molecule has 1 aromatic heterocycles. The molecule has 5 rings (SSSR count). The lowest BCUT2D eigenvalue weighted by molar-refractivity contribution is -0.111. The Kier molecular flexibility index (Phi) is 6.50. The summed E-state index contributed by atoms with van der Waals surface area (Å²) in [6.45, 7) is 0. The number of halogens is 1. The predicted octanol–water partition coefficient (Wildman–Crippen LogP) is 5.74. The number of rotatable bonds is 6. The van der Waals surface area contributed by atoms with Crippen LogP contribution in [0.2, 0.25) is 5.02 Å². The number of benzene rings is 3. The average Bonchev–Trinajstić information content (AvgIpc) is 3.30. The monoisotopic (exact) mass is 485 g/mol. The number of ether oxygens (including phenoxy) is 1. The highest BCUT2D eigenvalue weighted by Crippen LogP contribution is 2.38. The standard InChI is InChI=1S/C27H24ClN5O2/c1-35-21-14-11-20(12-15-21)24-17-23(19-8-3-2-4-9-19)29-27-31-26(32-33(24)27)30-25(34)16-13-18-7-5-6-10-22(18)28/h2-16,23-24H,17H2,1H3,(H2,29,30,31,32,34)/b16-13+/t23-,24-/m1/s1. The second-order valence-electron chi connectivity index (χ2n) is 8.18. The Morgan fingerprint density at radius 1 is 1.06 bits per heavy atom. The van der Waals surface area contributed by atoms with Gasteiger partial charge in [0.1, 0.15) is 5.75 Å². The molecule has 1 aliphatic heterocycles. The van der Waals surface area contributed by atoms with E-state index in [1.807, 2.05) is 65.3 Å². The van der Waals surface area contributed by atoms with Crippen LogP contribution in [0, 0.1) is 0 Å². The van der Waals surface area contributed by atoms with E-state index in [1.54, 1.807) is 19.3 Å². The third-order valence-electron chi connectivity index (χ3n) is 5.95. The number of carbonyl (C=O) groups excluding carboxylic acids is 1. The van der Waals surface area contributed by atoms with Crippen LogP contribution in [-0.4, -0.2) is 27.8 Å². The van der Waals surface area contributed by atoms with Crippen LogP contribution in [0.3, 0.4) is 0 Å². The van der Waals surface area contributed by atoms with Crippen molar-refractivity contribution in [3.63, 3.8) is 0 Å². The van der Waals surface area contributed by atoms with Crippen molar-refractivity contribution in [1.82, 2.24) is 14.8 Å². The molecule has 0 saturated heterocycles. The topological polar surface area (TPSA) is 81.1 Å². The largest absolute Gasteiger partial charge is 0.497 e. The van der Waals surface area contributed by atoms with E-state index >= 15 is 0 Å². The van der Waals surface area contributed by atoms with Gasteiger partial charge < -0.3 is 10.1 Å². The second-order valence-corrected chi connectivity index (χ2v) is 8.59. The lowest BCUT2D eigenvalue weighted by atomic mass is 9.93. The summed E-state index contributed by atoms with van der Waals surface area (Å²) in [7, 11) is 1.65. The summed E-state index contributed by atoms with van der Waals surface area (Å²) in [4.78, 5) is 17.1. The van der Waals surface area contributed by atoms with Crippen LogP contribution >= 0.6 is 11.6 Å². The van der Waals surface area contributed by atoms with E-state index in [-0.39, 0.29) is 23.9 Å². The number of carbonyl (C=O) groups is 1. The number of nitrogens with one attached hydrogen (secondary N) is 2. The molecular formula is C27H24ClN5O2. The van der Waals surface area contributed by atoms with Gasteiger partial charge in [0.15, 0.2) is 0 Å². The molecule has 7 nitrogen and oxygen atoms in total. The van der Waals surface area contributed by atoms with Crippen LogP contribution < -0.4 is 15.4 Å². The van der Waals surface area contributed by atoms with Crippen molar-refractivity contribution < 1.29 is 9.53 Å². The van der Waals surface area contributed by atoms with Crippen LogP contribution in [-0.2, 0) is 4.79 Å². The summed E-state index contributed by atoms with van der Waals surface area (Å²) in [5.74, 6) is 1.28. The fraction of sp³-hybridized carbons (Fsp3) is 0.148. The lowest BCUT2D eigenvalue weighted by Gasteiger charge is -2.31. The summed E-state index contributed by atoms with van der Waals surface area (Å²) in [5, 5.41) is 11.4. The number of nitrogens with zero attached hydrogens (tertiary/aromatic N) is 3. The number of methoxy groups -OCH3 is 1. The van der Waals surface area contributed by atoms with Gasteiger partial charge in [-0.05, 0) is 47.4 Å². The van der Waals surface area contributed by atoms with Crippen molar-refractivity contribution in [3.8, 4) is 5.75 Å². The van der Waals surface area contributed by atoms with Crippen molar-refractivity contribution in [1.29, 1.82) is 0 Å². The average molecular weight is 486 g/mol. The van der Waals surface area contributed by atoms with E-state index in [2.05, 4.69) is 32.8 Å². The molecule has 0 spiro atoms. The Morgan fingerprint density at radius 3 is 2.54 bits per heavy atom. The lowest BCUT2D eigenvalue weighted by Crippen LogP contribution is -2.28. The van der Waals surface area contributed by atoms with Gasteiger partial charge in [0.25, 0.3) is 11.9 Å². The fourth-order valence-electron chi connectivity index (χ4n) is 4.17. The first-order chi connectivity index (χ1) is 17.1. The van der Waals surface area contributed by atoms with Gasteiger partial charge in [0.2, 0.25) is 5.95 Å². The van der Waals surface area contributed by atoms with Gasteiger partial charge in [0, 0.05) is 11.1 Å². The number of fused-ring (bicyclic) bond motifs is 1. The molecule has 0 aliphatic carbocycles. The SMILES string of the molecule is COc1ccc([C@H]2C[C@H](c3ccccc3)Nc3nc(NC(=O)/C=C/c4ccccc4Cl)nn32)cc1. The van der Waals surface area contributed by atoms with E-state index in [4.69, 9.17) is 16.3 Å². The van der Waals surface area contributed by atoms with Crippen molar-refractivity contribution in [2.24, 2.45) is 0 Å². The van der Waals surface area contributed by atoms with Crippen molar-refractivity contribution in [2.45, 2.75) is 18.5 Å². The molecule has 3 aromatic carbocycles. The third-order valence-corrected chi connectivity index (χ3v) is 6.29. The summed E-state index contributed by atoms with van der Waals surface area (Å²) >= 11 is 6.17. The molecule has 35 heavy (non-hydrogen) atoms. The Hall–Kier alpha value is -4.10. The summed E-state index contributed by atoms with van der Waals surface area (Å²) in [6, 6.07) is 25.5. The molecule has 4 aromatic rings. The molecule has 0 fully saturated rings. The van der Waals surface area contributed by atoms with E-state index in [0.717, 1.165) is 28.9 Å². The van der Waals surface area contributed by atoms with Gasteiger partial charge in [0.05, 0.1) is 19.2 Å². The minimum atomic E-state index is -0.339. The van der Waals surface area contributed by atoms with Gasteiger partial charge in [-0.3, -0.25) is 10.1 Å². The summed E-state index contributed by atoms with van der Waals surface area (Å²) < 4.78 is 7.15. The summed E-state index contributed by atoms with van der Waals surface area (Å²) in [5.41, 5.74) is 3.00. The minimum absolute atomic E-state index is 0.0451. The molecule has 1 aliphatic rings. The van der Waals surface area contributed by atoms with Crippen LogP contribution in [0.15, 0.2) is 84.9 Å². The first-order valence-corrected chi connectivity index (χ1v) is 11.6. The number of hydrogen-bond acceptors (Lipinski definition) is 5. The minimum Gasteiger partial charge on any atom is -0.497 e. The van der Waals surface area contributed by atoms with Gasteiger partial charge in [-0.25, -0.2) is 4.68 Å². The maximum Gasteiger partial charge on any atom is 0.250 e. The Morgan fingerprint density at radius 2 is 1.80 bits per heavy atom. The number of anilines is 2. The second kappa shape index (κ2) is 10.0. The number of aromatic nitrogens is 3. The van der Waals surface area contributed by atoms with Crippen molar-refractivity contribution in [3.05, 3.63) is 107 Å². The molecular weight excluding hydrogens is 462 g/mol. The van der Waals surface area contributed by atoms with Gasteiger partial charge >= 0.3 is 0 Å². The van der Waals surface area contributed by atoms with E-state index in [1.165, 1.54) is 6.08 Å². The third kappa shape index (κ3) is 5.05. The molecule has 0 saturated carbocycles. The Balaban J connectivity index is 1.42. The van der Waals surface area contributed by atoms with E-state index in [0.29, 0.717) is 11.0 Å². The van der Waals surface area contributed by atoms with Gasteiger partial charge in [-0.2, -0.15) is 4.98 Å². The van der Waals surface area contributed by atoms with Crippen LogP contribution in [0.1, 0.15) is 35.2 Å². The van der Waals surface area contributed by atoms with Gasteiger partial charge in [-0.1, -0.05) is 72.3 Å². The zero-order valence-electron chi connectivity index (χ0n) is 19.1.